The Hall–Kier alpha value is -2.27. The van der Waals surface area contributed by atoms with Crippen LogP contribution < -0.4 is 10.2 Å². The smallest absolute Gasteiger partial charge is 0.245 e. The quantitative estimate of drug-likeness (QED) is 0.658. The molecule has 8 nitrogen and oxygen atoms in total. The third-order valence-electron chi connectivity index (χ3n) is 5.73. The van der Waals surface area contributed by atoms with Crippen molar-refractivity contribution in [3.8, 4) is 0 Å². The lowest BCUT2D eigenvalue weighted by molar-refractivity contribution is -0.130. The van der Waals surface area contributed by atoms with Crippen molar-refractivity contribution < 1.29 is 17.6 Å². The van der Waals surface area contributed by atoms with E-state index in [1.807, 2.05) is 4.90 Å². The summed E-state index contributed by atoms with van der Waals surface area (Å²) in [4.78, 5) is 25.5. The first-order valence-corrected chi connectivity index (χ1v) is 12.7. The maximum atomic E-state index is 14.4. The van der Waals surface area contributed by atoms with Gasteiger partial charge in [0.1, 0.15) is 11.9 Å². The van der Waals surface area contributed by atoms with Crippen molar-refractivity contribution in [3.63, 3.8) is 0 Å². The molecule has 2 fully saturated rings. The van der Waals surface area contributed by atoms with Crippen LogP contribution in [0.3, 0.4) is 0 Å². The van der Waals surface area contributed by atoms with Crippen LogP contribution in [0.15, 0.2) is 40.0 Å². The Morgan fingerprint density at radius 2 is 1.81 bits per heavy atom. The van der Waals surface area contributed by atoms with Crippen LogP contribution in [0, 0.1) is 5.82 Å². The highest BCUT2D eigenvalue weighted by Gasteiger charge is 2.37. The van der Waals surface area contributed by atoms with Crippen molar-refractivity contribution in [2.24, 2.45) is 0 Å². The average Bonchev–Trinajstić information content (AvgIpc) is 3.10. The van der Waals surface area contributed by atoms with E-state index < -0.39 is 21.7 Å². The maximum absolute atomic E-state index is 14.4. The normalized spacial score (nSPS) is 20.4. The zero-order valence-electron chi connectivity index (χ0n) is 17.0. The summed E-state index contributed by atoms with van der Waals surface area (Å²) in [7, 11) is -3.49. The minimum absolute atomic E-state index is 0.0510. The summed E-state index contributed by atoms with van der Waals surface area (Å²) >= 11 is 3.33. The van der Waals surface area contributed by atoms with Crippen LogP contribution >= 0.6 is 15.9 Å². The number of amides is 1. The third kappa shape index (κ3) is 4.82. The van der Waals surface area contributed by atoms with E-state index in [1.54, 1.807) is 12.4 Å². The molecule has 2 aromatic rings. The van der Waals surface area contributed by atoms with Crippen LogP contribution in [-0.4, -0.2) is 67.2 Å². The summed E-state index contributed by atoms with van der Waals surface area (Å²) in [6.07, 6.45) is 6.67. The van der Waals surface area contributed by atoms with Crippen LogP contribution in [0.4, 0.5) is 16.0 Å². The summed E-state index contributed by atoms with van der Waals surface area (Å²) < 4.78 is 38.4. The number of hydrogen-bond acceptors (Lipinski definition) is 7. The van der Waals surface area contributed by atoms with E-state index in [-0.39, 0.29) is 22.5 Å². The van der Waals surface area contributed by atoms with E-state index in [0.29, 0.717) is 18.9 Å². The maximum Gasteiger partial charge on any atom is 0.245 e. The molecular formula is C20H23BrFN5O3S. The minimum atomic E-state index is -3.49. The number of sulfone groups is 1. The molecule has 11 heteroatoms. The fourth-order valence-electron chi connectivity index (χ4n) is 4.08. The highest BCUT2D eigenvalue weighted by atomic mass is 79.9. The summed E-state index contributed by atoms with van der Waals surface area (Å²) in [6.45, 7) is 2.13. The van der Waals surface area contributed by atoms with Gasteiger partial charge in [0.15, 0.2) is 9.84 Å². The first-order valence-electron chi connectivity index (χ1n) is 10.0. The van der Waals surface area contributed by atoms with E-state index in [1.165, 1.54) is 12.1 Å². The van der Waals surface area contributed by atoms with Gasteiger partial charge in [-0.2, -0.15) is 0 Å². The summed E-state index contributed by atoms with van der Waals surface area (Å²) in [5.74, 6) is -0.0520. The molecule has 1 aromatic carbocycles. The zero-order valence-corrected chi connectivity index (χ0v) is 19.4. The van der Waals surface area contributed by atoms with E-state index >= 15 is 0 Å². The number of likely N-dealkylation sites (tertiary alicyclic amines) is 1. The molecule has 1 amide bonds. The number of piperidine rings is 1. The van der Waals surface area contributed by atoms with Crippen LogP contribution in [0.5, 0.6) is 0 Å². The highest BCUT2D eigenvalue weighted by molar-refractivity contribution is 9.10. The van der Waals surface area contributed by atoms with Crippen molar-refractivity contribution in [1.82, 2.24) is 14.9 Å². The lowest BCUT2D eigenvalue weighted by Gasteiger charge is -2.36. The number of nitrogens with one attached hydrogen (secondary N) is 1. The van der Waals surface area contributed by atoms with Crippen molar-refractivity contribution in [2.45, 2.75) is 36.2 Å². The summed E-state index contributed by atoms with van der Waals surface area (Å²) in [6, 6.07) is 3.31. The van der Waals surface area contributed by atoms with Crippen LogP contribution in [0.1, 0.15) is 19.3 Å². The molecule has 0 spiro atoms. The van der Waals surface area contributed by atoms with Crippen molar-refractivity contribution in [2.75, 3.05) is 36.1 Å². The van der Waals surface area contributed by atoms with Crippen molar-refractivity contribution in [1.29, 1.82) is 0 Å². The fourth-order valence-corrected chi connectivity index (χ4v) is 4.91. The zero-order chi connectivity index (χ0) is 22.2. The molecule has 0 unspecified atom stereocenters. The first-order chi connectivity index (χ1) is 14.7. The Bertz CT molecular complexity index is 1070. The molecule has 1 N–H and O–H groups in total. The highest BCUT2D eigenvalue weighted by Crippen LogP contribution is 2.27. The lowest BCUT2D eigenvalue weighted by atomic mass is 10.0. The first kappa shape index (κ1) is 21.9. The SMILES string of the molecule is CS(=O)(=O)c1ccc(N[C@H]2CCN(C3CCN(c4ncc(Br)cn4)CC3)C2=O)c(F)c1. The van der Waals surface area contributed by atoms with Gasteiger partial charge in [0, 0.05) is 44.3 Å². The summed E-state index contributed by atoms with van der Waals surface area (Å²) in [5, 5.41) is 2.95. The molecule has 4 rings (SSSR count). The Morgan fingerprint density at radius 3 is 2.42 bits per heavy atom. The minimum Gasteiger partial charge on any atom is -0.371 e. The average molecular weight is 512 g/mol. The molecule has 1 aromatic heterocycles. The molecule has 0 bridgehead atoms. The molecule has 0 saturated carbocycles. The number of aromatic nitrogens is 2. The number of carbonyl (C=O) groups excluding carboxylic acids is 1. The Balaban J connectivity index is 1.36. The second-order valence-corrected chi connectivity index (χ2v) is 10.8. The van der Waals surface area contributed by atoms with Crippen LogP contribution in [0.2, 0.25) is 0 Å². The lowest BCUT2D eigenvalue weighted by Crippen LogP contribution is -2.47. The second kappa shape index (κ2) is 8.70. The van der Waals surface area contributed by atoms with E-state index in [9.17, 15) is 17.6 Å². The molecule has 166 valence electrons. The molecule has 1 atom stereocenters. The Labute approximate surface area is 188 Å². The van der Waals surface area contributed by atoms with Gasteiger partial charge in [0.05, 0.1) is 15.1 Å². The number of rotatable bonds is 5. The predicted octanol–water partition coefficient (Wildman–Crippen LogP) is 2.46. The molecule has 2 aliphatic heterocycles. The monoisotopic (exact) mass is 511 g/mol. The van der Waals surface area contributed by atoms with Crippen LogP contribution in [0.25, 0.3) is 0 Å². The van der Waals surface area contributed by atoms with E-state index in [4.69, 9.17) is 0 Å². The van der Waals surface area contributed by atoms with Gasteiger partial charge in [0.25, 0.3) is 0 Å². The van der Waals surface area contributed by atoms with Gasteiger partial charge in [-0.25, -0.2) is 22.8 Å². The molecule has 0 aliphatic carbocycles. The number of halogens is 2. The van der Waals surface area contributed by atoms with Gasteiger partial charge in [-0.05, 0) is 53.4 Å². The topological polar surface area (TPSA) is 95.5 Å². The Morgan fingerprint density at radius 1 is 1.13 bits per heavy atom. The van der Waals surface area contributed by atoms with Gasteiger partial charge < -0.3 is 15.1 Å². The van der Waals surface area contributed by atoms with Gasteiger partial charge in [-0.3, -0.25) is 4.79 Å². The molecule has 2 saturated heterocycles. The van der Waals surface area contributed by atoms with Gasteiger partial charge in [-0.15, -0.1) is 0 Å². The molecule has 2 aliphatic rings. The largest absolute Gasteiger partial charge is 0.371 e. The van der Waals surface area contributed by atoms with Gasteiger partial charge in [0.2, 0.25) is 11.9 Å². The van der Waals surface area contributed by atoms with E-state index in [2.05, 4.69) is 36.1 Å². The van der Waals surface area contributed by atoms with Gasteiger partial charge in [-0.1, -0.05) is 0 Å². The third-order valence-corrected chi connectivity index (χ3v) is 7.25. The Kier molecular flexibility index (Phi) is 6.16. The van der Waals surface area contributed by atoms with Gasteiger partial charge >= 0.3 is 0 Å². The fraction of sp³-hybridized carbons (Fsp3) is 0.450. The number of nitrogens with zero attached hydrogens (tertiary/aromatic N) is 4. The molecular weight excluding hydrogens is 489 g/mol. The molecule has 31 heavy (non-hydrogen) atoms. The summed E-state index contributed by atoms with van der Waals surface area (Å²) in [5.41, 5.74) is 0.134. The number of carbonyl (C=O) groups is 1. The van der Waals surface area contributed by atoms with Crippen molar-refractivity contribution >= 4 is 43.3 Å². The number of anilines is 2. The number of benzene rings is 1. The standard InChI is InChI=1S/C20H23BrFN5O3S/c1-31(29,30)15-2-3-17(16(22)10-15)25-18-6-9-27(19(18)28)14-4-7-26(8-5-14)20-23-11-13(21)12-24-20/h2-3,10-12,14,18,25H,4-9H2,1H3/t18-/m0/s1. The molecule has 0 radical (unpaired) electrons. The van der Waals surface area contributed by atoms with Crippen LogP contribution in [-0.2, 0) is 14.6 Å². The van der Waals surface area contributed by atoms with E-state index in [0.717, 1.165) is 42.7 Å². The number of hydrogen-bond donors (Lipinski definition) is 1. The molecule has 3 heterocycles. The van der Waals surface area contributed by atoms with Crippen molar-refractivity contribution in [3.05, 3.63) is 40.9 Å². The predicted molar refractivity (Wildman–Crippen MR) is 118 cm³/mol. The second-order valence-electron chi connectivity index (χ2n) is 7.85.